The maximum Gasteiger partial charge on any atom is 0.416 e. The summed E-state index contributed by atoms with van der Waals surface area (Å²) in [6, 6.07) is 4.76. The molecule has 0 fully saturated rings. The van der Waals surface area contributed by atoms with Gasteiger partial charge in [0.05, 0.1) is 11.3 Å². The van der Waals surface area contributed by atoms with Gasteiger partial charge in [0.1, 0.15) is 5.82 Å². The van der Waals surface area contributed by atoms with Crippen LogP contribution in [-0.2, 0) is 6.18 Å². The average Bonchev–Trinajstić information content (AvgIpc) is 2.88. The number of nitrogens with zero attached hydrogens (tertiary/aromatic N) is 2. The zero-order valence-corrected chi connectivity index (χ0v) is 13.2. The van der Waals surface area contributed by atoms with Crippen molar-refractivity contribution in [3.8, 4) is 5.69 Å². The molecule has 126 valence electrons. The van der Waals surface area contributed by atoms with Crippen molar-refractivity contribution >= 4 is 0 Å². The number of alkyl halides is 3. The summed E-state index contributed by atoms with van der Waals surface area (Å²) in [5.41, 5.74) is -1.11. The van der Waals surface area contributed by atoms with Gasteiger partial charge in [-0.25, -0.2) is 14.5 Å². The van der Waals surface area contributed by atoms with E-state index in [2.05, 4.69) is 10.2 Å². The minimum absolute atomic E-state index is 0.0403. The van der Waals surface area contributed by atoms with Crippen molar-refractivity contribution in [1.29, 1.82) is 0 Å². The van der Waals surface area contributed by atoms with Gasteiger partial charge in [-0.15, -0.1) is 0 Å². The first-order valence-electron chi connectivity index (χ1n) is 7.73. The first-order chi connectivity index (χ1) is 10.9. The predicted molar refractivity (Wildman–Crippen MR) is 81.7 cm³/mol. The molecule has 1 aromatic heterocycles. The largest absolute Gasteiger partial charge is 0.416 e. The van der Waals surface area contributed by atoms with Crippen molar-refractivity contribution in [2.45, 2.75) is 51.6 Å². The summed E-state index contributed by atoms with van der Waals surface area (Å²) < 4.78 is 40.0. The molecule has 0 saturated carbocycles. The van der Waals surface area contributed by atoms with Gasteiger partial charge in [-0.05, 0) is 31.0 Å². The highest BCUT2D eigenvalue weighted by molar-refractivity contribution is 5.38. The SMILES string of the molecule is CCCC(CCC)c1n[nH]c(=O)n1-c1cccc(C(F)(F)F)c1. The second-order valence-electron chi connectivity index (χ2n) is 5.54. The van der Waals surface area contributed by atoms with Crippen LogP contribution in [0.4, 0.5) is 13.2 Å². The van der Waals surface area contributed by atoms with E-state index in [1.807, 2.05) is 13.8 Å². The second-order valence-corrected chi connectivity index (χ2v) is 5.54. The number of aromatic amines is 1. The van der Waals surface area contributed by atoms with Crippen LogP contribution in [-0.4, -0.2) is 14.8 Å². The summed E-state index contributed by atoms with van der Waals surface area (Å²) in [6.07, 6.45) is -0.966. The molecule has 1 aromatic carbocycles. The Hall–Kier alpha value is -2.05. The molecule has 2 rings (SSSR count). The van der Waals surface area contributed by atoms with Crippen LogP contribution in [0.25, 0.3) is 5.69 Å². The topological polar surface area (TPSA) is 50.7 Å². The van der Waals surface area contributed by atoms with Crippen LogP contribution in [0, 0.1) is 0 Å². The van der Waals surface area contributed by atoms with E-state index in [1.54, 1.807) is 0 Å². The lowest BCUT2D eigenvalue weighted by molar-refractivity contribution is -0.137. The van der Waals surface area contributed by atoms with Gasteiger partial charge in [-0.2, -0.15) is 18.3 Å². The van der Waals surface area contributed by atoms with E-state index in [-0.39, 0.29) is 11.6 Å². The molecule has 0 atom stereocenters. The predicted octanol–water partition coefficient (Wildman–Crippen LogP) is 4.26. The highest BCUT2D eigenvalue weighted by Crippen LogP contribution is 2.31. The zero-order valence-electron chi connectivity index (χ0n) is 13.2. The number of halogens is 3. The molecule has 4 nitrogen and oxygen atoms in total. The number of H-pyrrole nitrogens is 1. The summed E-state index contributed by atoms with van der Waals surface area (Å²) in [6.45, 7) is 4.06. The maximum absolute atomic E-state index is 12.9. The Morgan fingerprint density at radius 3 is 2.43 bits per heavy atom. The summed E-state index contributed by atoms with van der Waals surface area (Å²) in [4.78, 5) is 12.1. The Bertz CT molecular complexity index is 697. The summed E-state index contributed by atoms with van der Waals surface area (Å²) in [5.74, 6) is 0.538. The van der Waals surface area contributed by atoms with E-state index < -0.39 is 17.4 Å². The third-order valence-corrected chi connectivity index (χ3v) is 3.77. The van der Waals surface area contributed by atoms with Crippen molar-refractivity contribution in [2.24, 2.45) is 0 Å². The number of hydrogen-bond donors (Lipinski definition) is 1. The van der Waals surface area contributed by atoms with Crippen LogP contribution in [0.2, 0.25) is 0 Å². The van der Waals surface area contributed by atoms with Crippen LogP contribution in [0.1, 0.15) is 56.8 Å². The molecular formula is C16H20F3N3O. The number of hydrogen-bond acceptors (Lipinski definition) is 2. The molecule has 0 unspecified atom stereocenters. The Morgan fingerprint density at radius 1 is 1.22 bits per heavy atom. The smallest absolute Gasteiger partial charge is 0.247 e. The number of nitrogens with one attached hydrogen (secondary N) is 1. The average molecular weight is 327 g/mol. The molecule has 0 spiro atoms. The lowest BCUT2D eigenvalue weighted by Gasteiger charge is -2.16. The molecular weight excluding hydrogens is 307 g/mol. The van der Waals surface area contributed by atoms with E-state index in [1.165, 1.54) is 16.7 Å². The maximum atomic E-state index is 12.9. The van der Waals surface area contributed by atoms with Crippen molar-refractivity contribution in [2.75, 3.05) is 0 Å². The van der Waals surface area contributed by atoms with Crippen molar-refractivity contribution in [3.63, 3.8) is 0 Å². The van der Waals surface area contributed by atoms with Gasteiger partial charge in [0.2, 0.25) is 0 Å². The van der Waals surface area contributed by atoms with Crippen molar-refractivity contribution in [1.82, 2.24) is 14.8 Å². The fraction of sp³-hybridized carbons (Fsp3) is 0.500. The standard InChI is InChI=1S/C16H20F3N3O/c1-3-6-11(7-4-2)14-20-21-15(23)22(14)13-9-5-8-12(10-13)16(17,18)19/h5,8-11H,3-4,6-7H2,1-2H3,(H,21,23). The van der Waals surface area contributed by atoms with Crippen LogP contribution in [0.5, 0.6) is 0 Å². The van der Waals surface area contributed by atoms with Gasteiger partial charge in [0, 0.05) is 5.92 Å². The molecule has 0 amide bonds. The van der Waals surface area contributed by atoms with Gasteiger partial charge in [-0.1, -0.05) is 32.8 Å². The molecule has 1 N–H and O–H groups in total. The molecule has 2 aromatic rings. The van der Waals surface area contributed by atoms with Gasteiger partial charge in [-0.3, -0.25) is 0 Å². The number of aromatic nitrogens is 3. The van der Waals surface area contributed by atoms with E-state index in [0.717, 1.165) is 37.8 Å². The molecule has 23 heavy (non-hydrogen) atoms. The van der Waals surface area contributed by atoms with Crippen LogP contribution >= 0.6 is 0 Å². The molecule has 0 aliphatic carbocycles. The molecule has 7 heteroatoms. The summed E-state index contributed by atoms with van der Waals surface area (Å²) >= 11 is 0. The highest BCUT2D eigenvalue weighted by atomic mass is 19.4. The van der Waals surface area contributed by atoms with Gasteiger partial charge < -0.3 is 0 Å². The Labute approximate surface area is 132 Å². The van der Waals surface area contributed by atoms with Crippen molar-refractivity contribution in [3.05, 3.63) is 46.1 Å². The fourth-order valence-electron chi connectivity index (χ4n) is 2.75. The molecule has 0 aliphatic rings. The minimum Gasteiger partial charge on any atom is -0.247 e. The lowest BCUT2D eigenvalue weighted by Crippen LogP contribution is -2.19. The van der Waals surface area contributed by atoms with Gasteiger partial charge in [0.15, 0.2) is 0 Å². The molecule has 0 aliphatic heterocycles. The minimum atomic E-state index is -4.45. The van der Waals surface area contributed by atoms with E-state index in [4.69, 9.17) is 0 Å². The summed E-state index contributed by atoms with van der Waals surface area (Å²) in [5, 5.41) is 6.43. The van der Waals surface area contributed by atoms with E-state index >= 15 is 0 Å². The second kappa shape index (κ2) is 7.02. The Kier molecular flexibility index (Phi) is 5.28. The van der Waals surface area contributed by atoms with Gasteiger partial charge in [0.25, 0.3) is 0 Å². The normalized spacial score (nSPS) is 12.1. The van der Waals surface area contributed by atoms with Gasteiger partial charge >= 0.3 is 11.9 Å². The monoisotopic (exact) mass is 327 g/mol. The van der Waals surface area contributed by atoms with E-state index in [9.17, 15) is 18.0 Å². The Morgan fingerprint density at radius 2 is 1.87 bits per heavy atom. The lowest BCUT2D eigenvalue weighted by atomic mass is 9.97. The van der Waals surface area contributed by atoms with Crippen molar-refractivity contribution < 1.29 is 13.2 Å². The fourth-order valence-corrected chi connectivity index (χ4v) is 2.75. The number of benzene rings is 1. The third kappa shape index (κ3) is 3.83. The van der Waals surface area contributed by atoms with Crippen LogP contribution in [0.15, 0.2) is 29.1 Å². The molecule has 0 saturated heterocycles. The highest BCUT2D eigenvalue weighted by Gasteiger charge is 2.31. The van der Waals surface area contributed by atoms with Crippen LogP contribution < -0.4 is 5.69 Å². The number of rotatable bonds is 6. The quantitative estimate of drug-likeness (QED) is 0.861. The first-order valence-corrected chi connectivity index (χ1v) is 7.73. The zero-order chi connectivity index (χ0) is 17.0. The van der Waals surface area contributed by atoms with Crippen LogP contribution in [0.3, 0.4) is 0 Å². The first kappa shape index (κ1) is 17.3. The Balaban J connectivity index is 2.52. The van der Waals surface area contributed by atoms with E-state index in [0.29, 0.717) is 5.82 Å². The molecule has 1 heterocycles. The molecule has 0 bridgehead atoms. The summed E-state index contributed by atoms with van der Waals surface area (Å²) in [7, 11) is 0. The molecule has 0 radical (unpaired) electrons. The third-order valence-electron chi connectivity index (χ3n) is 3.77.